The minimum absolute atomic E-state index is 0.122. The third-order valence-electron chi connectivity index (χ3n) is 3.20. The second kappa shape index (κ2) is 6.40. The highest BCUT2D eigenvalue weighted by atomic mass is 35.5. The minimum Gasteiger partial charge on any atom is -0.476 e. The number of carboxylic acids is 1. The largest absolute Gasteiger partial charge is 0.476 e. The molecule has 118 valence electrons. The third-order valence-corrected chi connectivity index (χ3v) is 4.52. The average molecular weight is 359 g/mol. The first-order valence-corrected chi connectivity index (χ1v) is 7.88. The highest BCUT2D eigenvalue weighted by Crippen LogP contribution is 2.38. The second-order valence-electron chi connectivity index (χ2n) is 4.85. The van der Waals surface area contributed by atoms with Crippen molar-refractivity contribution in [2.24, 2.45) is 0 Å². The quantitative estimate of drug-likeness (QED) is 0.727. The Morgan fingerprint density at radius 3 is 2.71 bits per heavy atom. The average Bonchev–Trinajstić information content (AvgIpc) is 3.00. The molecule has 2 aromatic carbocycles. The van der Waals surface area contributed by atoms with Crippen molar-refractivity contribution in [3.63, 3.8) is 0 Å². The van der Waals surface area contributed by atoms with E-state index in [2.05, 4.69) is 4.98 Å². The van der Waals surface area contributed by atoms with Gasteiger partial charge in [0, 0.05) is 10.6 Å². The van der Waals surface area contributed by atoms with Crippen LogP contribution >= 0.6 is 22.9 Å². The first-order valence-electron chi connectivity index (χ1n) is 6.69. The van der Waals surface area contributed by atoms with Gasteiger partial charge in [0.25, 0.3) is 0 Å². The van der Waals surface area contributed by atoms with Crippen LogP contribution in [0, 0.1) is 17.1 Å². The van der Waals surface area contributed by atoms with Crippen molar-refractivity contribution < 1.29 is 14.3 Å². The Morgan fingerprint density at radius 2 is 2.04 bits per heavy atom. The van der Waals surface area contributed by atoms with Crippen LogP contribution in [0.15, 0.2) is 42.5 Å². The van der Waals surface area contributed by atoms with Crippen molar-refractivity contribution >= 4 is 28.9 Å². The summed E-state index contributed by atoms with van der Waals surface area (Å²) in [6.45, 7) is 0. The Morgan fingerprint density at radius 1 is 1.25 bits per heavy atom. The van der Waals surface area contributed by atoms with E-state index in [0.717, 1.165) is 17.4 Å². The van der Waals surface area contributed by atoms with Gasteiger partial charge in [-0.05, 0) is 35.9 Å². The number of benzene rings is 2. The van der Waals surface area contributed by atoms with E-state index in [9.17, 15) is 14.3 Å². The number of halogens is 2. The molecule has 0 spiro atoms. The monoisotopic (exact) mass is 358 g/mol. The Kier molecular flexibility index (Phi) is 4.30. The minimum atomic E-state index is -1.17. The van der Waals surface area contributed by atoms with Gasteiger partial charge in [0.2, 0.25) is 5.01 Å². The zero-order valence-corrected chi connectivity index (χ0v) is 13.5. The number of carboxylic acid groups (broad SMARTS) is 1. The first kappa shape index (κ1) is 16.1. The Bertz CT molecular complexity index is 994. The predicted octanol–water partition coefficient (Wildman–Crippen LogP) is 4.84. The van der Waals surface area contributed by atoms with E-state index in [4.69, 9.17) is 16.9 Å². The summed E-state index contributed by atoms with van der Waals surface area (Å²) < 4.78 is 13.8. The molecule has 1 N–H and O–H groups in total. The van der Waals surface area contributed by atoms with Crippen LogP contribution in [-0.4, -0.2) is 16.1 Å². The number of hydrogen-bond donors (Lipinski definition) is 1. The fourth-order valence-corrected chi connectivity index (χ4v) is 3.33. The third kappa shape index (κ3) is 3.13. The summed E-state index contributed by atoms with van der Waals surface area (Å²) in [6, 6.07) is 12.5. The van der Waals surface area contributed by atoms with E-state index in [1.807, 2.05) is 6.07 Å². The lowest BCUT2D eigenvalue weighted by Gasteiger charge is -2.04. The number of carbonyl (C=O) groups is 1. The van der Waals surface area contributed by atoms with Crippen LogP contribution in [0.2, 0.25) is 5.02 Å². The molecule has 1 heterocycles. The summed E-state index contributed by atoms with van der Waals surface area (Å²) in [6.07, 6.45) is 0. The maximum absolute atomic E-state index is 13.8. The molecular formula is C17H8ClFN2O2S. The Balaban J connectivity index is 2.26. The van der Waals surface area contributed by atoms with Gasteiger partial charge in [-0.3, -0.25) is 0 Å². The van der Waals surface area contributed by atoms with Crippen LogP contribution in [0.5, 0.6) is 0 Å². The number of nitriles is 1. The summed E-state index contributed by atoms with van der Waals surface area (Å²) in [5.41, 5.74) is 1.54. The summed E-state index contributed by atoms with van der Waals surface area (Å²) in [7, 11) is 0. The molecule has 0 radical (unpaired) electrons. The topological polar surface area (TPSA) is 74.0 Å². The molecule has 3 aromatic rings. The van der Waals surface area contributed by atoms with E-state index >= 15 is 0 Å². The van der Waals surface area contributed by atoms with Gasteiger partial charge in [0.05, 0.1) is 22.2 Å². The number of rotatable bonds is 3. The van der Waals surface area contributed by atoms with Crippen LogP contribution in [0.1, 0.15) is 15.4 Å². The van der Waals surface area contributed by atoms with Crippen molar-refractivity contribution in [2.45, 2.75) is 0 Å². The van der Waals surface area contributed by atoms with E-state index in [1.165, 1.54) is 12.1 Å². The molecule has 0 aliphatic heterocycles. The zero-order chi connectivity index (χ0) is 17.3. The van der Waals surface area contributed by atoms with Gasteiger partial charge in [0.1, 0.15) is 5.82 Å². The van der Waals surface area contributed by atoms with Gasteiger partial charge in [-0.1, -0.05) is 23.7 Å². The molecule has 0 aliphatic carbocycles. The standard InChI is InChI=1S/C17H8ClFN2O2S/c18-12-3-1-2-10(6-12)14-15(24-16(21-14)17(22)23)11-4-9(8-20)5-13(19)7-11/h1-7H,(H,22,23). The molecule has 0 aliphatic rings. The van der Waals surface area contributed by atoms with Crippen LogP contribution in [0.3, 0.4) is 0 Å². The number of thiazole rings is 1. The maximum atomic E-state index is 13.8. The van der Waals surface area contributed by atoms with E-state index in [1.54, 1.807) is 24.3 Å². The molecule has 0 saturated heterocycles. The van der Waals surface area contributed by atoms with Gasteiger partial charge in [-0.25, -0.2) is 14.2 Å². The second-order valence-corrected chi connectivity index (χ2v) is 6.29. The van der Waals surface area contributed by atoms with Crippen molar-refractivity contribution in [3.8, 4) is 27.8 Å². The molecule has 0 amide bonds. The van der Waals surface area contributed by atoms with Gasteiger partial charge in [-0.2, -0.15) is 5.26 Å². The lowest BCUT2D eigenvalue weighted by Crippen LogP contribution is -1.94. The van der Waals surface area contributed by atoms with Crippen LogP contribution < -0.4 is 0 Å². The number of aromatic carboxylic acids is 1. The fourth-order valence-electron chi connectivity index (χ4n) is 2.22. The molecule has 0 saturated carbocycles. The van der Waals surface area contributed by atoms with E-state index in [-0.39, 0.29) is 10.6 Å². The molecule has 24 heavy (non-hydrogen) atoms. The van der Waals surface area contributed by atoms with E-state index in [0.29, 0.717) is 26.7 Å². The Labute approximate surface area is 145 Å². The number of hydrogen-bond acceptors (Lipinski definition) is 4. The first-order chi connectivity index (χ1) is 11.5. The predicted molar refractivity (Wildman–Crippen MR) is 89.6 cm³/mol. The molecule has 4 nitrogen and oxygen atoms in total. The van der Waals surface area contributed by atoms with Crippen molar-refractivity contribution in [1.82, 2.24) is 4.98 Å². The number of nitrogens with zero attached hydrogens (tertiary/aromatic N) is 2. The SMILES string of the molecule is N#Cc1cc(F)cc(-c2sc(C(=O)O)nc2-c2cccc(Cl)c2)c1. The fraction of sp³-hybridized carbons (Fsp3) is 0. The molecule has 7 heteroatoms. The van der Waals surface area contributed by atoms with Crippen LogP contribution in [0.25, 0.3) is 21.7 Å². The van der Waals surface area contributed by atoms with Gasteiger partial charge < -0.3 is 5.11 Å². The summed E-state index contributed by atoms with van der Waals surface area (Å²) >= 11 is 6.91. The lowest BCUT2D eigenvalue weighted by molar-refractivity contribution is 0.0696. The van der Waals surface area contributed by atoms with E-state index < -0.39 is 11.8 Å². The van der Waals surface area contributed by atoms with Crippen LogP contribution in [0.4, 0.5) is 4.39 Å². The molecule has 3 rings (SSSR count). The molecule has 0 bridgehead atoms. The smallest absolute Gasteiger partial charge is 0.365 e. The molecule has 1 aromatic heterocycles. The molecular weight excluding hydrogens is 351 g/mol. The summed E-state index contributed by atoms with van der Waals surface area (Å²) in [4.78, 5) is 15.9. The zero-order valence-electron chi connectivity index (χ0n) is 12.0. The van der Waals surface area contributed by atoms with Crippen molar-refractivity contribution in [1.29, 1.82) is 5.26 Å². The van der Waals surface area contributed by atoms with Crippen molar-refractivity contribution in [3.05, 3.63) is 63.9 Å². The highest BCUT2D eigenvalue weighted by molar-refractivity contribution is 7.17. The normalized spacial score (nSPS) is 10.4. The van der Waals surface area contributed by atoms with Crippen molar-refractivity contribution in [2.75, 3.05) is 0 Å². The van der Waals surface area contributed by atoms with Gasteiger partial charge in [0.15, 0.2) is 0 Å². The molecule has 0 atom stereocenters. The van der Waals surface area contributed by atoms with Crippen LogP contribution in [-0.2, 0) is 0 Å². The molecule has 0 unspecified atom stereocenters. The lowest BCUT2D eigenvalue weighted by atomic mass is 10.0. The Hall–Kier alpha value is -2.75. The number of aromatic nitrogens is 1. The molecule has 0 fully saturated rings. The summed E-state index contributed by atoms with van der Waals surface area (Å²) in [5, 5.41) is 18.6. The van der Waals surface area contributed by atoms with Gasteiger partial charge >= 0.3 is 5.97 Å². The maximum Gasteiger partial charge on any atom is 0.365 e. The highest BCUT2D eigenvalue weighted by Gasteiger charge is 2.19. The van der Waals surface area contributed by atoms with Gasteiger partial charge in [-0.15, -0.1) is 11.3 Å². The summed E-state index contributed by atoms with van der Waals surface area (Å²) in [5.74, 6) is -1.75.